The van der Waals surface area contributed by atoms with E-state index in [9.17, 15) is 15.7 Å². The zero-order valence-corrected chi connectivity index (χ0v) is 41.2. The van der Waals surface area contributed by atoms with E-state index in [4.69, 9.17) is 104 Å². The van der Waals surface area contributed by atoms with Crippen LogP contribution in [-0.2, 0) is 104 Å². The second-order valence-electron chi connectivity index (χ2n) is 17.0. The van der Waals surface area contributed by atoms with Crippen LogP contribution in [0.5, 0.6) is 0 Å². The van der Waals surface area contributed by atoms with E-state index in [1.165, 1.54) is 85.3 Å². The number of aliphatic hydroxyl groups is 2. The number of hydrogen-bond acceptors (Lipinski definition) is 25. The van der Waals surface area contributed by atoms with Gasteiger partial charge in [-0.25, -0.2) is 0 Å². The maximum absolute atomic E-state index is 10.8. The maximum Gasteiger partial charge on any atom is 0.187 e. The Hall–Kier alpha value is -1.65. The summed E-state index contributed by atoms with van der Waals surface area (Å²) in [5.41, 5.74) is 9.32. The molecule has 0 radical (unpaired) electrons. The fourth-order valence-electron chi connectivity index (χ4n) is 10.2. The number of nitrogens with zero attached hydrogens (tertiary/aromatic N) is 3. The van der Waals surface area contributed by atoms with Crippen LogP contribution in [0.2, 0.25) is 0 Å². The standard InChI is InChI=1S/C42H73N3O24/c1-48-14-19-26(67-39-34(56-9)30(52-5)24(47)18(13-46)61-39)31(53-6)36(58-11)41(64-19)69-28-21(16-50-3)65-42(37(59-12)33(28)55-8)68-27-20(15-49-2)63-40(35(57-10)32(27)54-7)66-25-22-17-60-38(62-22)23(44-45-43)29(25)51-4/h18-42,46-47H,13-17H2,1-12H3/t18?,19?,20-,21-,22?,23?,24+,25-,26+,27+,28+,29-,30-,31-,32?,33?,34?,35?,36?,37?,38+,39-,40-,41-,42+/m0/s1. The summed E-state index contributed by atoms with van der Waals surface area (Å²) in [6.07, 6.45) is -22.6. The number of azide groups is 1. The summed E-state index contributed by atoms with van der Waals surface area (Å²) in [4.78, 5) is 2.97. The Morgan fingerprint density at radius 1 is 0.449 bits per heavy atom. The van der Waals surface area contributed by atoms with Gasteiger partial charge in [0.25, 0.3) is 0 Å². The molecule has 6 heterocycles. The highest BCUT2D eigenvalue weighted by molar-refractivity contribution is 5.03. The van der Waals surface area contributed by atoms with Gasteiger partial charge in [0, 0.05) is 90.2 Å². The number of hydrogen-bond donors (Lipinski definition) is 2. The van der Waals surface area contributed by atoms with Gasteiger partial charge in [0.15, 0.2) is 31.5 Å². The Morgan fingerprint density at radius 3 is 1.13 bits per heavy atom. The molecule has 6 fully saturated rings. The SMILES string of the molecule is COCC1O[C@@H](O[C@H]2C(OC)C(OC)[C@@H](O[C@H]3C(OC)C(OC)[C@H](O[C@H]4C5CO[C@H](O5)C(N=[N+]=[N-])[C@@H]4OC)O[C@H]3COC)O[C@H]2COC)C(OC)[C@@H](OC)[C@@H]1O[C@@H]1OC(CO)[C@@H](O)[C@H](OC)C1OC. The zero-order valence-electron chi connectivity index (χ0n) is 41.2. The molecule has 0 saturated carbocycles. The van der Waals surface area contributed by atoms with E-state index in [1.807, 2.05) is 0 Å². The molecular formula is C42H73N3O24. The van der Waals surface area contributed by atoms with Crippen molar-refractivity contribution in [3.63, 3.8) is 0 Å². The molecule has 0 aliphatic carbocycles. The third-order valence-electron chi connectivity index (χ3n) is 13.4. The molecule has 69 heavy (non-hydrogen) atoms. The molecule has 10 unspecified atom stereocenters. The van der Waals surface area contributed by atoms with Crippen molar-refractivity contribution in [3.05, 3.63) is 10.4 Å². The minimum Gasteiger partial charge on any atom is -0.394 e. The minimum absolute atomic E-state index is 0.00775. The minimum atomic E-state index is -1.21. The quantitative estimate of drug-likeness (QED) is 0.0585. The van der Waals surface area contributed by atoms with Gasteiger partial charge in [0.1, 0.15) is 116 Å². The predicted octanol–water partition coefficient (Wildman–Crippen LogP) is -1.71. The molecule has 6 rings (SSSR count). The van der Waals surface area contributed by atoms with Crippen LogP contribution < -0.4 is 0 Å². The summed E-state index contributed by atoms with van der Waals surface area (Å²) in [5.74, 6) is 0. The molecule has 0 aromatic heterocycles. The van der Waals surface area contributed by atoms with E-state index in [2.05, 4.69) is 10.0 Å². The molecule has 0 amide bonds. The monoisotopic (exact) mass is 1000 g/mol. The van der Waals surface area contributed by atoms with Crippen molar-refractivity contribution in [2.24, 2.45) is 5.11 Å². The highest BCUT2D eigenvalue weighted by Crippen LogP contribution is 2.40. The lowest BCUT2D eigenvalue weighted by Crippen LogP contribution is -2.69. The molecule has 6 aliphatic heterocycles. The van der Waals surface area contributed by atoms with E-state index in [1.54, 1.807) is 0 Å². The molecule has 2 bridgehead atoms. The molecule has 6 aliphatic rings. The third kappa shape index (κ3) is 12.0. The van der Waals surface area contributed by atoms with Gasteiger partial charge in [0.2, 0.25) is 0 Å². The Labute approximate surface area is 401 Å². The first-order valence-electron chi connectivity index (χ1n) is 22.6. The Bertz CT molecular complexity index is 1560. The van der Waals surface area contributed by atoms with Crippen LogP contribution in [0.25, 0.3) is 10.4 Å². The first-order valence-corrected chi connectivity index (χ1v) is 22.6. The van der Waals surface area contributed by atoms with E-state index < -0.39 is 160 Å². The molecule has 6 saturated heterocycles. The Kier molecular flexibility index (Phi) is 22.2. The smallest absolute Gasteiger partial charge is 0.187 e. The van der Waals surface area contributed by atoms with Crippen LogP contribution in [0.15, 0.2) is 5.11 Å². The summed E-state index contributed by atoms with van der Waals surface area (Å²) < 4.78 is 135. The maximum atomic E-state index is 10.8. The van der Waals surface area contributed by atoms with Gasteiger partial charge in [-0.2, -0.15) is 0 Å². The molecule has 0 aromatic carbocycles. The normalized spacial score (nSPS) is 45.9. The lowest BCUT2D eigenvalue weighted by Gasteiger charge is -2.52. The molecular weight excluding hydrogens is 930 g/mol. The van der Waals surface area contributed by atoms with Gasteiger partial charge >= 0.3 is 0 Å². The molecule has 400 valence electrons. The fourth-order valence-corrected chi connectivity index (χ4v) is 10.2. The van der Waals surface area contributed by atoms with Crippen molar-refractivity contribution in [2.75, 3.05) is 118 Å². The van der Waals surface area contributed by atoms with Crippen LogP contribution in [-0.4, -0.2) is 282 Å². The number of methoxy groups -OCH3 is 12. The topological polar surface area (TPSA) is 292 Å². The van der Waals surface area contributed by atoms with Crippen molar-refractivity contribution >= 4 is 0 Å². The average molecular weight is 1000 g/mol. The van der Waals surface area contributed by atoms with Crippen molar-refractivity contribution in [1.29, 1.82) is 0 Å². The van der Waals surface area contributed by atoms with Crippen molar-refractivity contribution in [3.8, 4) is 0 Å². The second kappa shape index (κ2) is 27.0. The van der Waals surface area contributed by atoms with Gasteiger partial charge < -0.3 is 114 Å². The summed E-state index contributed by atoms with van der Waals surface area (Å²) >= 11 is 0. The Morgan fingerprint density at radius 2 is 0.797 bits per heavy atom. The first-order chi connectivity index (χ1) is 33.5. The van der Waals surface area contributed by atoms with E-state index in [0.29, 0.717) is 0 Å². The summed E-state index contributed by atoms with van der Waals surface area (Å²) in [7, 11) is 17.7. The van der Waals surface area contributed by atoms with Crippen LogP contribution in [0.4, 0.5) is 0 Å². The average Bonchev–Trinajstić information content (AvgIpc) is 3.80. The predicted molar refractivity (Wildman–Crippen MR) is 228 cm³/mol. The molecule has 27 nitrogen and oxygen atoms in total. The molecule has 0 spiro atoms. The molecule has 2 N–H and O–H groups in total. The molecule has 25 atom stereocenters. The lowest BCUT2D eigenvalue weighted by atomic mass is 9.94. The van der Waals surface area contributed by atoms with Crippen molar-refractivity contribution in [1.82, 2.24) is 0 Å². The first kappa shape index (κ1) is 56.6. The molecule has 27 heteroatoms. The van der Waals surface area contributed by atoms with Gasteiger partial charge in [0.05, 0.1) is 39.1 Å². The summed E-state index contributed by atoms with van der Waals surface area (Å²) in [6.45, 7) is -0.361. The Balaban J connectivity index is 1.23. The van der Waals surface area contributed by atoms with Crippen molar-refractivity contribution < 1.29 is 114 Å². The highest BCUT2D eigenvalue weighted by Gasteiger charge is 2.59. The zero-order chi connectivity index (χ0) is 49.9. The van der Waals surface area contributed by atoms with Crippen LogP contribution in [0.1, 0.15) is 0 Å². The summed E-state index contributed by atoms with van der Waals surface area (Å²) in [5, 5.41) is 24.8. The third-order valence-corrected chi connectivity index (χ3v) is 13.4. The van der Waals surface area contributed by atoms with Crippen molar-refractivity contribution in [2.45, 2.75) is 153 Å². The van der Waals surface area contributed by atoms with E-state index in [-0.39, 0.29) is 26.4 Å². The fraction of sp³-hybridized carbons (Fsp3) is 1.00. The van der Waals surface area contributed by atoms with Crippen LogP contribution >= 0.6 is 0 Å². The van der Waals surface area contributed by atoms with E-state index >= 15 is 0 Å². The largest absolute Gasteiger partial charge is 0.394 e. The highest BCUT2D eigenvalue weighted by atomic mass is 16.8. The van der Waals surface area contributed by atoms with Gasteiger partial charge in [-0.3, -0.25) is 0 Å². The van der Waals surface area contributed by atoms with Gasteiger partial charge in [-0.05, 0) is 5.53 Å². The number of aliphatic hydroxyl groups excluding tert-OH is 2. The van der Waals surface area contributed by atoms with Gasteiger partial charge in [-0.1, -0.05) is 5.11 Å². The van der Waals surface area contributed by atoms with Gasteiger partial charge in [-0.15, -0.1) is 0 Å². The molecule has 0 aromatic rings. The van der Waals surface area contributed by atoms with E-state index in [0.717, 1.165) is 0 Å². The number of ether oxygens (including phenoxy) is 22. The second-order valence-corrected chi connectivity index (χ2v) is 17.0. The lowest BCUT2D eigenvalue weighted by molar-refractivity contribution is -0.396. The number of fused-ring (bicyclic) bond motifs is 2. The summed E-state index contributed by atoms with van der Waals surface area (Å²) in [6, 6.07) is -0.842. The van der Waals surface area contributed by atoms with Crippen LogP contribution in [0, 0.1) is 0 Å². The number of rotatable bonds is 25. The van der Waals surface area contributed by atoms with Crippen LogP contribution in [0.3, 0.4) is 0 Å².